The first-order valence-corrected chi connectivity index (χ1v) is 6.33. The van der Waals surface area contributed by atoms with Crippen LogP contribution in [-0.2, 0) is 4.79 Å². The Balaban J connectivity index is 6.12. The minimum atomic E-state index is -8.01. The Kier molecular flexibility index (Phi) is 6.25. The zero-order chi connectivity index (χ0) is 21.6. The molecule has 0 saturated carbocycles. The van der Waals surface area contributed by atoms with Gasteiger partial charge in [-0.15, -0.1) is 0 Å². The summed E-state index contributed by atoms with van der Waals surface area (Å²) in [7, 11) is 0. The summed E-state index contributed by atoms with van der Waals surface area (Å²) in [6.45, 7) is 1.58. The summed E-state index contributed by atoms with van der Waals surface area (Å²) >= 11 is 0. The molecule has 0 unspecified atom stereocenters. The van der Waals surface area contributed by atoms with E-state index in [0.29, 0.717) is 0 Å². The Morgan fingerprint density at radius 3 is 1.35 bits per heavy atom. The molecule has 0 spiro atoms. The number of amides is 1. The molecule has 1 N–H and O–H groups in total. The third kappa shape index (κ3) is 3.52. The van der Waals surface area contributed by atoms with Gasteiger partial charge in [-0.05, 0) is 5.92 Å². The summed E-state index contributed by atoms with van der Waals surface area (Å²) in [5.74, 6) is -42.1. The lowest BCUT2D eigenvalue weighted by atomic mass is 9.93. The van der Waals surface area contributed by atoms with Crippen LogP contribution in [0.5, 0.6) is 0 Å². The summed E-state index contributed by atoms with van der Waals surface area (Å²) in [5.41, 5.74) is 0. The highest BCUT2D eigenvalue weighted by atomic mass is 19.4. The summed E-state index contributed by atoms with van der Waals surface area (Å²) < 4.78 is 166. The average molecular weight is 419 g/mol. The lowest BCUT2D eigenvalue weighted by Crippen LogP contribution is -2.72. The van der Waals surface area contributed by atoms with Crippen LogP contribution in [0.2, 0.25) is 0 Å². The molecule has 26 heavy (non-hydrogen) atoms. The Morgan fingerprint density at radius 1 is 0.692 bits per heavy atom. The lowest BCUT2D eigenvalue weighted by Gasteiger charge is -2.39. The third-order valence-corrected chi connectivity index (χ3v) is 2.89. The third-order valence-electron chi connectivity index (χ3n) is 2.89. The van der Waals surface area contributed by atoms with E-state index in [1.165, 1.54) is 13.8 Å². The van der Waals surface area contributed by atoms with Gasteiger partial charge >= 0.3 is 35.8 Å². The second-order valence-electron chi connectivity index (χ2n) is 5.47. The second-order valence-corrected chi connectivity index (χ2v) is 5.47. The van der Waals surface area contributed by atoms with Crippen LogP contribution in [0.15, 0.2) is 0 Å². The number of carbonyl (C=O) groups excluding carboxylic acids is 1. The Labute approximate surface area is 136 Å². The quantitative estimate of drug-likeness (QED) is 0.606. The molecule has 0 aromatic rings. The Bertz CT molecular complexity index is 523. The molecule has 0 aromatic heterocycles. The summed E-state index contributed by atoms with van der Waals surface area (Å²) in [6, 6.07) is 0. The van der Waals surface area contributed by atoms with Gasteiger partial charge in [0.1, 0.15) is 0 Å². The van der Waals surface area contributed by atoms with Crippen LogP contribution in [-0.4, -0.2) is 48.2 Å². The van der Waals surface area contributed by atoms with Gasteiger partial charge in [0.15, 0.2) is 0 Å². The molecule has 0 aromatic carbocycles. The van der Waals surface area contributed by atoms with Gasteiger partial charge < -0.3 is 5.32 Å². The fourth-order valence-electron chi connectivity index (χ4n) is 1.32. The molecule has 0 saturated heterocycles. The highest BCUT2D eigenvalue weighted by Crippen LogP contribution is 2.60. The van der Waals surface area contributed by atoms with Gasteiger partial charge in [-0.2, -0.15) is 57.1 Å². The van der Waals surface area contributed by atoms with Crippen LogP contribution in [0.1, 0.15) is 13.8 Å². The number of alkyl halides is 13. The van der Waals surface area contributed by atoms with Crippen molar-refractivity contribution in [1.29, 1.82) is 0 Å². The standard InChI is InChI=1S/C11H10F13NO/c1-4(2)3-25-5(26)6(12,13)7(14,15)8(16,17)9(18,19)10(20,21)11(22,23)24/h4H,3H2,1-2H3,(H,25,26). The van der Waals surface area contributed by atoms with E-state index in [0.717, 1.165) is 5.32 Å². The molecule has 0 radical (unpaired) electrons. The fraction of sp³-hybridized carbons (Fsp3) is 0.909. The molecule has 15 heteroatoms. The minimum absolute atomic E-state index is 0.722. The van der Waals surface area contributed by atoms with E-state index in [2.05, 4.69) is 0 Å². The average Bonchev–Trinajstić information content (AvgIpc) is 2.42. The van der Waals surface area contributed by atoms with E-state index in [-0.39, 0.29) is 0 Å². The van der Waals surface area contributed by atoms with Gasteiger partial charge in [0.05, 0.1) is 0 Å². The maximum absolute atomic E-state index is 13.3. The van der Waals surface area contributed by atoms with Crippen LogP contribution in [0, 0.1) is 5.92 Å². The van der Waals surface area contributed by atoms with Crippen molar-refractivity contribution < 1.29 is 61.9 Å². The van der Waals surface area contributed by atoms with Crippen LogP contribution < -0.4 is 5.32 Å². The highest BCUT2D eigenvalue weighted by molar-refractivity contribution is 5.84. The smallest absolute Gasteiger partial charge is 0.350 e. The van der Waals surface area contributed by atoms with Crippen molar-refractivity contribution in [3.8, 4) is 0 Å². The Hall–Kier alpha value is -1.44. The molecule has 0 bridgehead atoms. The maximum atomic E-state index is 13.3. The number of hydrogen-bond acceptors (Lipinski definition) is 1. The van der Waals surface area contributed by atoms with E-state index >= 15 is 0 Å². The molecular weight excluding hydrogens is 409 g/mol. The first-order valence-electron chi connectivity index (χ1n) is 6.33. The van der Waals surface area contributed by atoms with Gasteiger partial charge in [-0.1, -0.05) is 13.8 Å². The van der Waals surface area contributed by atoms with Crippen molar-refractivity contribution in [2.24, 2.45) is 5.92 Å². The van der Waals surface area contributed by atoms with Crippen LogP contribution in [0.3, 0.4) is 0 Å². The van der Waals surface area contributed by atoms with Gasteiger partial charge in [-0.3, -0.25) is 4.79 Å². The number of rotatable bonds is 7. The SMILES string of the molecule is CC(C)CNC(=O)C(F)(F)C(F)(F)C(F)(F)C(F)(F)C(F)(F)C(F)(F)F. The van der Waals surface area contributed by atoms with Gasteiger partial charge in [0.25, 0.3) is 5.91 Å². The number of hydrogen-bond donors (Lipinski definition) is 1. The van der Waals surface area contributed by atoms with Gasteiger partial charge in [-0.25, -0.2) is 0 Å². The first-order chi connectivity index (χ1) is 11.1. The molecule has 2 nitrogen and oxygen atoms in total. The van der Waals surface area contributed by atoms with Crippen molar-refractivity contribution in [1.82, 2.24) is 5.32 Å². The Morgan fingerprint density at radius 2 is 1.04 bits per heavy atom. The molecule has 0 aliphatic heterocycles. The lowest BCUT2D eigenvalue weighted by molar-refractivity contribution is -0.436. The molecular formula is C11H10F13NO. The monoisotopic (exact) mass is 419 g/mol. The van der Waals surface area contributed by atoms with E-state index < -0.39 is 54.2 Å². The largest absolute Gasteiger partial charge is 0.460 e. The number of halogens is 13. The van der Waals surface area contributed by atoms with E-state index in [4.69, 9.17) is 0 Å². The molecule has 0 heterocycles. The highest BCUT2D eigenvalue weighted by Gasteiger charge is 2.91. The summed E-state index contributed by atoms with van der Waals surface area (Å²) in [5, 5.41) is 0.964. The van der Waals surface area contributed by atoms with Crippen molar-refractivity contribution in [2.75, 3.05) is 6.54 Å². The van der Waals surface area contributed by atoms with Crippen LogP contribution in [0.4, 0.5) is 57.1 Å². The molecule has 0 aliphatic rings. The zero-order valence-corrected chi connectivity index (χ0v) is 12.6. The van der Waals surface area contributed by atoms with E-state index in [9.17, 15) is 61.9 Å². The summed E-state index contributed by atoms with van der Waals surface area (Å²) in [4.78, 5) is 10.9. The summed E-state index contributed by atoms with van der Waals surface area (Å²) in [6.07, 6.45) is -7.48. The van der Waals surface area contributed by atoms with Crippen molar-refractivity contribution in [3.05, 3.63) is 0 Å². The first kappa shape index (κ1) is 24.6. The molecule has 0 fully saturated rings. The fourth-order valence-corrected chi connectivity index (χ4v) is 1.32. The van der Waals surface area contributed by atoms with Gasteiger partial charge in [0, 0.05) is 6.54 Å². The van der Waals surface area contributed by atoms with Crippen LogP contribution >= 0.6 is 0 Å². The van der Waals surface area contributed by atoms with Crippen molar-refractivity contribution >= 4 is 5.91 Å². The van der Waals surface area contributed by atoms with Gasteiger partial charge in [0.2, 0.25) is 0 Å². The van der Waals surface area contributed by atoms with E-state index in [1.807, 2.05) is 0 Å². The predicted molar refractivity (Wildman–Crippen MR) is 58.6 cm³/mol. The molecule has 156 valence electrons. The molecule has 0 aliphatic carbocycles. The topological polar surface area (TPSA) is 29.1 Å². The van der Waals surface area contributed by atoms with Crippen LogP contribution in [0.25, 0.3) is 0 Å². The van der Waals surface area contributed by atoms with Crippen molar-refractivity contribution in [3.63, 3.8) is 0 Å². The normalized spacial score (nSPS) is 15.4. The van der Waals surface area contributed by atoms with E-state index in [1.54, 1.807) is 0 Å². The van der Waals surface area contributed by atoms with Crippen molar-refractivity contribution in [2.45, 2.75) is 49.6 Å². The predicted octanol–water partition coefficient (Wildman–Crippen LogP) is 4.50. The maximum Gasteiger partial charge on any atom is 0.460 e. The number of carbonyl (C=O) groups is 1. The number of nitrogens with one attached hydrogen (secondary N) is 1. The molecule has 0 rings (SSSR count). The molecule has 1 amide bonds. The zero-order valence-electron chi connectivity index (χ0n) is 12.6. The second kappa shape index (κ2) is 6.62. The molecule has 0 atom stereocenters. The minimum Gasteiger partial charge on any atom is -0.350 e.